The number of ether oxygens (including phenoxy) is 1. The Labute approximate surface area is 252 Å². The number of thiazole rings is 1. The van der Waals surface area contributed by atoms with Crippen molar-refractivity contribution in [2.45, 2.75) is 131 Å². The zero-order valence-corrected chi connectivity index (χ0v) is 27.4. The van der Waals surface area contributed by atoms with Crippen LogP contribution in [0.15, 0.2) is 11.0 Å². The monoisotopic (exact) mass is 589 g/mol. The number of carbonyl (C=O) groups excluding carboxylic acids is 3. The number of Topliss-reactive ketones (excluding diaryl/α,β-unsaturated/α-hetero) is 1. The maximum absolute atomic E-state index is 13.8. The molecule has 1 aliphatic heterocycles. The number of rotatable bonds is 8. The van der Waals surface area contributed by atoms with Crippen LogP contribution in [0.25, 0.3) is 6.08 Å². The molecule has 8 heteroatoms. The molecule has 41 heavy (non-hydrogen) atoms. The quantitative estimate of drug-likeness (QED) is 0.249. The van der Waals surface area contributed by atoms with Crippen LogP contribution in [0.3, 0.4) is 0 Å². The van der Waals surface area contributed by atoms with Gasteiger partial charge in [-0.2, -0.15) is 0 Å². The van der Waals surface area contributed by atoms with Gasteiger partial charge in [-0.1, -0.05) is 46.5 Å². The molecule has 1 aromatic heterocycles. The molecule has 0 spiro atoms. The fraction of sp³-hybridized carbons (Fsp3) is 0.758. The van der Waals surface area contributed by atoms with Gasteiger partial charge in [0.25, 0.3) is 0 Å². The number of nitrogens with one attached hydrogen (secondary N) is 1. The Hall–Kier alpha value is -2.06. The van der Waals surface area contributed by atoms with E-state index >= 15 is 0 Å². The second-order valence-electron chi connectivity index (χ2n) is 13.0. The summed E-state index contributed by atoms with van der Waals surface area (Å²) in [5.41, 5.74) is 6.54. The molecule has 1 saturated heterocycles. The lowest BCUT2D eigenvalue weighted by Crippen LogP contribution is -2.47. The Morgan fingerprint density at radius 3 is 2.49 bits per heavy atom. The number of aryl methyl sites for hydroxylation is 1. The molecule has 1 aliphatic rings. The van der Waals surface area contributed by atoms with E-state index in [1.807, 2.05) is 46.1 Å². The van der Waals surface area contributed by atoms with Gasteiger partial charge in [-0.25, -0.2) is 4.98 Å². The van der Waals surface area contributed by atoms with Gasteiger partial charge in [0.05, 0.1) is 28.6 Å². The van der Waals surface area contributed by atoms with E-state index < -0.39 is 11.5 Å². The van der Waals surface area contributed by atoms with E-state index in [9.17, 15) is 14.4 Å². The second-order valence-corrected chi connectivity index (χ2v) is 14.1. The van der Waals surface area contributed by atoms with Crippen LogP contribution in [0.5, 0.6) is 0 Å². The lowest BCUT2D eigenvalue weighted by Gasteiger charge is -2.35. The average Bonchev–Trinajstić information content (AvgIpc) is 3.31. The smallest absolute Gasteiger partial charge is 0.306 e. The first kappa shape index (κ1) is 35.1. The predicted octanol–water partition coefficient (Wildman–Crippen LogP) is 7.02. The van der Waals surface area contributed by atoms with Crippen molar-refractivity contribution in [1.29, 1.82) is 0 Å². The van der Waals surface area contributed by atoms with Gasteiger partial charge in [-0.3, -0.25) is 14.4 Å². The normalized spacial score (nSPS) is 27.3. The Kier molecular flexibility index (Phi) is 14.7. The van der Waals surface area contributed by atoms with Crippen LogP contribution < -0.4 is 11.1 Å². The van der Waals surface area contributed by atoms with Gasteiger partial charge in [0.1, 0.15) is 11.9 Å². The van der Waals surface area contributed by atoms with E-state index in [0.717, 1.165) is 67.6 Å². The number of amides is 1. The summed E-state index contributed by atoms with van der Waals surface area (Å²) in [5, 5.41) is 6.26. The number of hydrogen-bond acceptors (Lipinski definition) is 7. The summed E-state index contributed by atoms with van der Waals surface area (Å²) in [5.74, 6) is 0.256. The lowest BCUT2D eigenvalue weighted by molar-refractivity contribution is -0.161. The van der Waals surface area contributed by atoms with Crippen LogP contribution in [-0.4, -0.2) is 41.3 Å². The van der Waals surface area contributed by atoms with Crippen LogP contribution in [-0.2, 0) is 19.1 Å². The molecule has 1 aromatic rings. The maximum atomic E-state index is 13.8. The molecule has 0 aromatic carbocycles. The minimum atomic E-state index is -0.993. The first-order chi connectivity index (χ1) is 19.3. The van der Waals surface area contributed by atoms with Gasteiger partial charge in [0.15, 0.2) is 0 Å². The number of aromatic nitrogens is 1. The molecule has 0 saturated carbocycles. The average molecular weight is 590 g/mol. The van der Waals surface area contributed by atoms with Crippen molar-refractivity contribution in [1.82, 2.24) is 10.3 Å². The van der Waals surface area contributed by atoms with Gasteiger partial charge in [-0.05, 0) is 89.8 Å². The third-order valence-electron chi connectivity index (χ3n) is 8.61. The summed E-state index contributed by atoms with van der Waals surface area (Å²) in [4.78, 5) is 44.8. The highest BCUT2D eigenvalue weighted by molar-refractivity contribution is 7.09. The molecular weight excluding hydrogens is 534 g/mol. The number of unbranched alkanes of at least 4 members (excludes halogenated alkanes) is 2. The Balaban J connectivity index is 2.34. The molecule has 5 atom stereocenters. The number of nitrogens with two attached hydrogens (primary N) is 1. The first-order valence-electron chi connectivity index (χ1n) is 15.7. The number of carbonyl (C=O) groups is 3. The van der Waals surface area contributed by atoms with Crippen molar-refractivity contribution < 1.29 is 19.1 Å². The van der Waals surface area contributed by atoms with Gasteiger partial charge in [0.2, 0.25) is 5.91 Å². The summed E-state index contributed by atoms with van der Waals surface area (Å²) in [6, 6.07) is -0.163. The van der Waals surface area contributed by atoms with Crippen LogP contribution >= 0.6 is 11.3 Å². The van der Waals surface area contributed by atoms with Crippen molar-refractivity contribution in [2.24, 2.45) is 28.9 Å². The van der Waals surface area contributed by atoms with E-state index in [4.69, 9.17) is 10.5 Å². The predicted molar refractivity (Wildman–Crippen MR) is 168 cm³/mol. The SMILES string of the molecule is C/C(=C\c1csc(C)n1)[C@@H]1CCC(C)CCC[C@H](C)C[C@@H](C)C(=O)C(C)(C)[C@@H](OC(=O)CCCCCN)CC(=O)N1. The van der Waals surface area contributed by atoms with E-state index in [2.05, 4.69) is 24.1 Å². The topological polar surface area (TPSA) is 111 Å². The molecule has 2 heterocycles. The minimum Gasteiger partial charge on any atom is -0.461 e. The molecule has 0 radical (unpaired) electrons. The molecule has 1 fully saturated rings. The molecule has 7 nitrogen and oxygen atoms in total. The van der Waals surface area contributed by atoms with Gasteiger partial charge in [0, 0.05) is 17.7 Å². The van der Waals surface area contributed by atoms with Crippen LogP contribution in [0.2, 0.25) is 0 Å². The molecule has 2 rings (SSSR count). The largest absolute Gasteiger partial charge is 0.461 e. The van der Waals surface area contributed by atoms with E-state index in [1.165, 1.54) is 0 Å². The molecule has 232 valence electrons. The Morgan fingerprint density at radius 2 is 1.83 bits per heavy atom. The fourth-order valence-electron chi connectivity index (χ4n) is 5.90. The standard InChI is InChI=1S/C33H55N3O4S/c1-22-12-11-13-23(2)18-25(4)32(39)33(6,7)29(40-31(38)14-9-8-10-17-34)20-30(37)36-28(16-15-22)24(3)19-27-21-41-26(5)35-27/h19,21-23,25,28-29H,8-18,20,34H2,1-7H3,(H,36,37)/b24-19+/t22?,23-,25+,28-,29-/m0/s1. The summed E-state index contributed by atoms with van der Waals surface area (Å²) in [6.45, 7) is 14.8. The lowest BCUT2D eigenvalue weighted by atomic mass is 9.73. The highest BCUT2D eigenvalue weighted by atomic mass is 32.1. The van der Waals surface area contributed by atoms with Crippen LogP contribution in [0, 0.1) is 30.1 Å². The zero-order valence-electron chi connectivity index (χ0n) is 26.6. The van der Waals surface area contributed by atoms with Crippen molar-refractivity contribution >= 4 is 35.1 Å². The number of esters is 1. The highest BCUT2D eigenvalue weighted by Crippen LogP contribution is 2.34. The van der Waals surface area contributed by atoms with Crippen molar-refractivity contribution in [3.8, 4) is 0 Å². The fourth-order valence-corrected chi connectivity index (χ4v) is 6.47. The van der Waals surface area contributed by atoms with Crippen molar-refractivity contribution in [3.63, 3.8) is 0 Å². The van der Waals surface area contributed by atoms with Gasteiger partial charge >= 0.3 is 5.97 Å². The first-order valence-corrected chi connectivity index (χ1v) is 16.5. The molecule has 1 amide bonds. The van der Waals surface area contributed by atoms with E-state index in [-0.39, 0.29) is 42.5 Å². The molecular formula is C33H55N3O4S. The van der Waals surface area contributed by atoms with Crippen LogP contribution in [0.4, 0.5) is 0 Å². The minimum absolute atomic E-state index is 0.0464. The number of nitrogens with zero attached hydrogens (tertiary/aromatic N) is 1. The third-order valence-corrected chi connectivity index (χ3v) is 9.40. The number of hydrogen-bond donors (Lipinski definition) is 2. The maximum Gasteiger partial charge on any atom is 0.306 e. The van der Waals surface area contributed by atoms with E-state index in [0.29, 0.717) is 24.8 Å². The highest BCUT2D eigenvalue weighted by Gasteiger charge is 2.42. The Bertz CT molecular complexity index is 1020. The summed E-state index contributed by atoms with van der Waals surface area (Å²) in [6.07, 6.45) is 9.76. The summed E-state index contributed by atoms with van der Waals surface area (Å²) < 4.78 is 5.94. The summed E-state index contributed by atoms with van der Waals surface area (Å²) >= 11 is 1.61. The Morgan fingerprint density at radius 1 is 1.12 bits per heavy atom. The second kappa shape index (κ2) is 17.2. The van der Waals surface area contributed by atoms with Gasteiger partial charge in [-0.15, -0.1) is 11.3 Å². The molecule has 0 bridgehead atoms. The van der Waals surface area contributed by atoms with Crippen LogP contribution in [0.1, 0.15) is 123 Å². The van der Waals surface area contributed by atoms with Crippen molar-refractivity contribution in [3.05, 3.63) is 21.7 Å². The third kappa shape index (κ3) is 12.0. The number of ketones is 1. The van der Waals surface area contributed by atoms with Gasteiger partial charge < -0.3 is 15.8 Å². The van der Waals surface area contributed by atoms with E-state index in [1.54, 1.807) is 11.3 Å². The van der Waals surface area contributed by atoms with Crippen molar-refractivity contribution in [2.75, 3.05) is 6.54 Å². The molecule has 1 unspecified atom stereocenters. The molecule has 0 aliphatic carbocycles. The summed E-state index contributed by atoms with van der Waals surface area (Å²) in [7, 11) is 0. The molecule has 3 N–H and O–H groups in total. The zero-order chi connectivity index (χ0) is 30.6.